The molecule has 4 heteroatoms. The fourth-order valence-corrected chi connectivity index (χ4v) is 4.03. The molecule has 1 aromatic carbocycles. The number of aryl methyl sites for hydroxylation is 1. The predicted molar refractivity (Wildman–Crippen MR) is 92.7 cm³/mol. The van der Waals surface area contributed by atoms with E-state index in [-0.39, 0.29) is 0 Å². The Labute approximate surface area is 137 Å². The molecular formula is C19H26N2O2. The number of hydrogen-bond acceptors (Lipinski definition) is 2. The smallest absolute Gasteiger partial charge is 0.352 e. The first-order chi connectivity index (χ1) is 11.0. The van der Waals surface area contributed by atoms with E-state index in [0.717, 1.165) is 22.4 Å². The summed E-state index contributed by atoms with van der Waals surface area (Å²) >= 11 is 0. The van der Waals surface area contributed by atoms with E-state index in [1.165, 1.54) is 19.3 Å². The van der Waals surface area contributed by atoms with E-state index in [0.29, 0.717) is 24.2 Å². The highest BCUT2D eigenvalue weighted by Crippen LogP contribution is 2.31. The van der Waals surface area contributed by atoms with Gasteiger partial charge in [0.2, 0.25) is 0 Å². The number of hydrogen-bond donors (Lipinski definition) is 2. The van der Waals surface area contributed by atoms with Crippen LogP contribution in [-0.2, 0) is 13.6 Å². The molecule has 1 saturated carbocycles. The number of aromatic carboxylic acids is 1. The van der Waals surface area contributed by atoms with Gasteiger partial charge in [0.25, 0.3) is 0 Å². The van der Waals surface area contributed by atoms with Gasteiger partial charge in [0.05, 0.1) is 0 Å². The third-order valence-corrected chi connectivity index (χ3v) is 5.66. The fourth-order valence-electron chi connectivity index (χ4n) is 4.03. The van der Waals surface area contributed by atoms with Crippen molar-refractivity contribution < 1.29 is 9.90 Å². The lowest BCUT2D eigenvalue weighted by atomic mass is 9.78. The second kappa shape index (κ2) is 6.36. The van der Waals surface area contributed by atoms with E-state index in [1.807, 2.05) is 31.3 Å². The molecule has 1 aliphatic carbocycles. The molecule has 1 heterocycles. The standard InChI is InChI=1S/C19H26N2O2/c1-12-7-6-9-16(13(12)2)20-11-15-14-8-4-5-10-17(14)21(3)18(15)19(22)23/h4-5,8,10,12-13,16,20H,6-7,9,11H2,1-3H3,(H,22,23)/t12-,13+,16-/m1/s1. The van der Waals surface area contributed by atoms with E-state index in [2.05, 4.69) is 19.2 Å². The minimum Gasteiger partial charge on any atom is -0.477 e. The number of nitrogens with one attached hydrogen (secondary N) is 1. The highest BCUT2D eigenvalue weighted by molar-refractivity contribution is 5.98. The molecule has 2 N–H and O–H groups in total. The Morgan fingerprint density at radius 1 is 1.30 bits per heavy atom. The number of fused-ring (bicyclic) bond motifs is 1. The number of carboxylic acid groups (broad SMARTS) is 1. The normalized spacial score (nSPS) is 24.9. The summed E-state index contributed by atoms with van der Waals surface area (Å²) in [5, 5.41) is 14.3. The van der Waals surface area contributed by atoms with E-state index in [4.69, 9.17) is 0 Å². The maximum atomic E-state index is 11.7. The van der Waals surface area contributed by atoms with Crippen LogP contribution in [0.5, 0.6) is 0 Å². The van der Waals surface area contributed by atoms with Crippen molar-refractivity contribution in [3.63, 3.8) is 0 Å². The number of para-hydroxylation sites is 1. The third kappa shape index (κ3) is 2.88. The van der Waals surface area contributed by atoms with E-state index >= 15 is 0 Å². The van der Waals surface area contributed by atoms with Crippen LogP contribution >= 0.6 is 0 Å². The van der Waals surface area contributed by atoms with Crippen molar-refractivity contribution in [3.8, 4) is 0 Å². The number of carbonyl (C=O) groups is 1. The van der Waals surface area contributed by atoms with Crippen molar-refractivity contribution >= 4 is 16.9 Å². The number of rotatable bonds is 4. The minimum absolute atomic E-state index is 0.398. The predicted octanol–water partition coefficient (Wildman–Crippen LogP) is 3.79. The fraction of sp³-hybridized carbons (Fsp3) is 0.526. The van der Waals surface area contributed by atoms with Crippen LogP contribution in [0.4, 0.5) is 0 Å². The van der Waals surface area contributed by atoms with Crippen LogP contribution in [0.1, 0.15) is 49.2 Å². The van der Waals surface area contributed by atoms with E-state index in [1.54, 1.807) is 4.57 Å². The maximum Gasteiger partial charge on any atom is 0.352 e. The van der Waals surface area contributed by atoms with E-state index < -0.39 is 5.97 Å². The molecule has 0 aliphatic heterocycles. The van der Waals surface area contributed by atoms with Crippen molar-refractivity contribution in [2.24, 2.45) is 18.9 Å². The summed E-state index contributed by atoms with van der Waals surface area (Å²) in [6.07, 6.45) is 3.73. The lowest BCUT2D eigenvalue weighted by Crippen LogP contribution is -2.40. The monoisotopic (exact) mass is 314 g/mol. The van der Waals surface area contributed by atoms with Crippen LogP contribution in [0.25, 0.3) is 10.9 Å². The molecule has 0 bridgehead atoms. The average molecular weight is 314 g/mol. The van der Waals surface area contributed by atoms with Crippen LogP contribution in [0.2, 0.25) is 0 Å². The summed E-state index contributed by atoms with van der Waals surface area (Å²) < 4.78 is 1.79. The minimum atomic E-state index is -0.856. The van der Waals surface area contributed by atoms with Crippen molar-refractivity contribution in [2.75, 3.05) is 0 Å². The molecule has 23 heavy (non-hydrogen) atoms. The summed E-state index contributed by atoms with van der Waals surface area (Å²) in [6, 6.07) is 8.40. The number of benzene rings is 1. The molecule has 0 amide bonds. The first kappa shape index (κ1) is 16.1. The largest absolute Gasteiger partial charge is 0.477 e. The molecule has 3 rings (SSSR count). The molecule has 1 fully saturated rings. The van der Waals surface area contributed by atoms with E-state index in [9.17, 15) is 9.90 Å². The van der Waals surface area contributed by atoms with Gasteiger partial charge in [-0.25, -0.2) is 4.79 Å². The van der Waals surface area contributed by atoms with Crippen LogP contribution in [0, 0.1) is 11.8 Å². The molecule has 2 aromatic rings. The van der Waals surface area contributed by atoms with Gasteiger partial charge in [-0.1, -0.05) is 44.9 Å². The highest BCUT2D eigenvalue weighted by atomic mass is 16.4. The topological polar surface area (TPSA) is 54.3 Å². The van der Waals surface area contributed by atoms with Crippen molar-refractivity contribution in [2.45, 2.75) is 45.7 Å². The Hall–Kier alpha value is -1.81. The molecular weight excluding hydrogens is 288 g/mol. The zero-order valence-electron chi connectivity index (χ0n) is 14.2. The van der Waals surface area contributed by atoms with Crippen LogP contribution < -0.4 is 5.32 Å². The van der Waals surface area contributed by atoms with Gasteiger partial charge in [-0.15, -0.1) is 0 Å². The summed E-state index contributed by atoms with van der Waals surface area (Å²) in [5.41, 5.74) is 2.28. The average Bonchev–Trinajstić information content (AvgIpc) is 2.82. The van der Waals surface area contributed by atoms with Gasteiger partial charge in [0.15, 0.2) is 0 Å². The molecule has 0 spiro atoms. The SMILES string of the molecule is C[C@H]1[C@H](C)CCC[C@H]1NCc1c(C(=O)O)n(C)c2ccccc12. The molecule has 1 aliphatic rings. The molecule has 124 valence electrons. The summed E-state index contributed by atoms with van der Waals surface area (Å²) in [4.78, 5) is 11.7. The van der Waals surface area contributed by atoms with Crippen LogP contribution in [0.15, 0.2) is 24.3 Å². The van der Waals surface area contributed by atoms with Gasteiger partial charge in [-0.3, -0.25) is 0 Å². The van der Waals surface area contributed by atoms with Crippen molar-refractivity contribution in [1.82, 2.24) is 9.88 Å². The van der Waals surface area contributed by atoms with Gasteiger partial charge in [0, 0.05) is 36.1 Å². The van der Waals surface area contributed by atoms with Crippen molar-refractivity contribution in [1.29, 1.82) is 0 Å². The molecule has 3 atom stereocenters. The summed E-state index contributed by atoms with van der Waals surface area (Å²) in [5.74, 6) is 0.505. The van der Waals surface area contributed by atoms with Gasteiger partial charge in [-0.05, 0) is 24.3 Å². The Bertz CT molecular complexity index is 719. The Morgan fingerprint density at radius 3 is 2.78 bits per heavy atom. The maximum absolute atomic E-state index is 11.7. The lowest BCUT2D eigenvalue weighted by molar-refractivity contribution is 0.0685. The number of nitrogens with zero attached hydrogens (tertiary/aromatic N) is 1. The number of carboxylic acids is 1. The second-order valence-corrected chi connectivity index (χ2v) is 6.96. The quantitative estimate of drug-likeness (QED) is 0.902. The molecule has 1 aromatic heterocycles. The second-order valence-electron chi connectivity index (χ2n) is 6.96. The van der Waals surface area contributed by atoms with Crippen molar-refractivity contribution in [3.05, 3.63) is 35.5 Å². The third-order valence-electron chi connectivity index (χ3n) is 5.66. The van der Waals surface area contributed by atoms with Gasteiger partial charge in [0.1, 0.15) is 5.69 Å². The van der Waals surface area contributed by atoms with Gasteiger partial charge in [-0.2, -0.15) is 0 Å². The molecule has 4 nitrogen and oxygen atoms in total. The first-order valence-corrected chi connectivity index (χ1v) is 8.53. The zero-order valence-corrected chi connectivity index (χ0v) is 14.2. The van der Waals surface area contributed by atoms with Gasteiger partial charge < -0.3 is 15.0 Å². The lowest BCUT2D eigenvalue weighted by Gasteiger charge is -2.34. The van der Waals surface area contributed by atoms with Crippen LogP contribution in [0.3, 0.4) is 0 Å². The highest BCUT2D eigenvalue weighted by Gasteiger charge is 2.28. The molecule has 0 unspecified atom stereocenters. The van der Waals surface area contributed by atoms with Gasteiger partial charge >= 0.3 is 5.97 Å². The zero-order chi connectivity index (χ0) is 16.6. The Kier molecular flexibility index (Phi) is 4.44. The van der Waals surface area contributed by atoms with Crippen LogP contribution in [-0.4, -0.2) is 21.7 Å². The summed E-state index contributed by atoms with van der Waals surface area (Å²) in [6.45, 7) is 5.24. The molecule has 0 saturated heterocycles. The molecule has 0 radical (unpaired) electrons. The number of aromatic nitrogens is 1. The Morgan fingerprint density at radius 2 is 2.04 bits per heavy atom. The Balaban J connectivity index is 1.90. The summed E-state index contributed by atoms with van der Waals surface area (Å²) in [7, 11) is 1.83. The first-order valence-electron chi connectivity index (χ1n) is 8.53.